The first kappa shape index (κ1) is 13.8. The zero-order valence-electron chi connectivity index (χ0n) is 9.99. The van der Waals surface area contributed by atoms with E-state index >= 15 is 0 Å². The van der Waals surface area contributed by atoms with Crippen LogP contribution >= 0.6 is 15.9 Å². The molecule has 0 saturated carbocycles. The van der Waals surface area contributed by atoms with Crippen molar-refractivity contribution in [3.05, 3.63) is 22.2 Å². The van der Waals surface area contributed by atoms with E-state index in [1.54, 1.807) is 27.2 Å². The average molecular weight is 303 g/mol. The van der Waals surface area contributed by atoms with Gasteiger partial charge < -0.3 is 14.6 Å². The van der Waals surface area contributed by atoms with Crippen LogP contribution in [0.4, 0.5) is 0 Å². The summed E-state index contributed by atoms with van der Waals surface area (Å²) in [7, 11) is 3.11. The lowest BCUT2D eigenvalue weighted by molar-refractivity contribution is -0.141. The number of benzene rings is 1. The van der Waals surface area contributed by atoms with Crippen LogP contribution < -0.4 is 9.47 Å². The van der Waals surface area contributed by atoms with Crippen molar-refractivity contribution < 1.29 is 19.4 Å². The smallest absolute Gasteiger partial charge is 0.306 e. The van der Waals surface area contributed by atoms with Crippen molar-refractivity contribution in [3.8, 4) is 11.5 Å². The highest BCUT2D eigenvalue weighted by Crippen LogP contribution is 2.36. The van der Waals surface area contributed by atoms with Gasteiger partial charge in [0.25, 0.3) is 0 Å². The fourth-order valence-corrected chi connectivity index (χ4v) is 2.18. The second kappa shape index (κ2) is 5.91. The van der Waals surface area contributed by atoms with Crippen LogP contribution in [0.2, 0.25) is 0 Å². The van der Waals surface area contributed by atoms with Crippen molar-refractivity contribution in [3.63, 3.8) is 0 Å². The lowest BCUT2D eigenvalue weighted by atomic mass is 10.0. The van der Waals surface area contributed by atoms with Crippen LogP contribution in [0.3, 0.4) is 0 Å². The summed E-state index contributed by atoms with van der Waals surface area (Å²) in [6, 6.07) is 3.64. The Balaban J connectivity index is 3.03. The molecular weight excluding hydrogens is 288 g/mol. The van der Waals surface area contributed by atoms with Gasteiger partial charge in [0.1, 0.15) is 0 Å². The van der Waals surface area contributed by atoms with Gasteiger partial charge in [-0.1, -0.05) is 6.92 Å². The molecule has 0 fully saturated rings. The van der Waals surface area contributed by atoms with E-state index in [1.807, 2.05) is 6.07 Å². The van der Waals surface area contributed by atoms with E-state index in [9.17, 15) is 4.79 Å². The molecule has 1 atom stereocenters. The number of carboxylic acid groups (broad SMARTS) is 1. The monoisotopic (exact) mass is 302 g/mol. The first-order valence-electron chi connectivity index (χ1n) is 5.12. The van der Waals surface area contributed by atoms with Gasteiger partial charge in [-0.2, -0.15) is 0 Å². The number of methoxy groups -OCH3 is 2. The molecule has 0 aromatic heterocycles. The van der Waals surface area contributed by atoms with Crippen molar-refractivity contribution in [1.29, 1.82) is 0 Å². The molecule has 1 unspecified atom stereocenters. The Bertz CT molecular complexity index is 417. The molecule has 4 nitrogen and oxygen atoms in total. The molecule has 0 saturated heterocycles. The van der Waals surface area contributed by atoms with Crippen molar-refractivity contribution in [1.82, 2.24) is 0 Å². The molecule has 1 rings (SSSR count). The van der Waals surface area contributed by atoms with Gasteiger partial charge in [0.2, 0.25) is 0 Å². The van der Waals surface area contributed by atoms with Crippen LogP contribution in [0, 0.1) is 5.92 Å². The average Bonchev–Trinajstić information content (AvgIpc) is 2.27. The van der Waals surface area contributed by atoms with Crippen LogP contribution in [-0.4, -0.2) is 25.3 Å². The highest BCUT2D eigenvalue weighted by molar-refractivity contribution is 9.10. The Morgan fingerprint density at radius 2 is 2.06 bits per heavy atom. The molecule has 5 heteroatoms. The number of carbonyl (C=O) groups is 1. The molecule has 1 N–H and O–H groups in total. The van der Waals surface area contributed by atoms with Crippen LogP contribution in [-0.2, 0) is 11.2 Å². The zero-order valence-corrected chi connectivity index (χ0v) is 11.6. The largest absolute Gasteiger partial charge is 0.493 e. The van der Waals surface area contributed by atoms with E-state index in [2.05, 4.69) is 15.9 Å². The Labute approximate surface area is 109 Å². The Morgan fingerprint density at radius 1 is 1.41 bits per heavy atom. The third kappa shape index (κ3) is 3.36. The topological polar surface area (TPSA) is 55.8 Å². The number of halogens is 1. The lowest BCUT2D eigenvalue weighted by Crippen LogP contribution is -2.12. The first-order valence-corrected chi connectivity index (χ1v) is 5.92. The number of hydrogen-bond donors (Lipinski definition) is 1. The molecule has 0 amide bonds. The summed E-state index contributed by atoms with van der Waals surface area (Å²) >= 11 is 3.37. The minimum Gasteiger partial charge on any atom is -0.493 e. The van der Waals surface area contributed by atoms with Gasteiger partial charge in [-0.3, -0.25) is 4.79 Å². The van der Waals surface area contributed by atoms with Crippen LogP contribution in [0.15, 0.2) is 16.6 Å². The van der Waals surface area contributed by atoms with E-state index in [0.29, 0.717) is 17.9 Å². The van der Waals surface area contributed by atoms with Crippen molar-refractivity contribution >= 4 is 21.9 Å². The lowest BCUT2D eigenvalue weighted by Gasteiger charge is -2.13. The quantitative estimate of drug-likeness (QED) is 0.908. The molecule has 0 heterocycles. The third-order valence-corrected chi connectivity index (χ3v) is 3.05. The molecule has 0 bridgehead atoms. The SMILES string of the molecule is COc1cc(CC(C)C(=O)O)cc(Br)c1OC. The minimum atomic E-state index is -0.809. The summed E-state index contributed by atoms with van der Waals surface area (Å²) in [4.78, 5) is 10.8. The van der Waals surface area contributed by atoms with Crippen molar-refractivity contribution in [2.75, 3.05) is 14.2 Å². The molecule has 94 valence electrons. The Morgan fingerprint density at radius 3 is 2.53 bits per heavy atom. The maximum atomic E-state index is 10.8. The summed E-state index contributed by atoms with van der Waals surface area (Å²) in [5.41, 5.74) is 0.893. The summed E-state index contributed by atoms with van der Waals surface area (Å²) in [5.74, 6) is -0.0374. The van der Waals surface area contributed by atoms with Crippen molar-refractivity contribution in [2.45, 2.75) is 13.3 Å². The summed E-state index contributed by atoms with van der Waals surface area (Å²) < 4.78 is 11.1. The maximum absolute atomic E-state index is 10.8. The highest BCUT2D eigenvalue weighted by Gasteiger charge is 2.15. The molecule has 0 spiro atoms. The minimum absolute atomic E-state index is 0.431. The third-order valence-electron chi connectivity index (χ3n) is 2.46. The molecule has 0 aliphatic heterocycles. The fraction of sp³-hybridized carbons (Fsp3) is 0.417. The Kier molecular flexibility index (Phi) is 4.81. The molecule has 0 aliphatic carbocycles. The number of carboxylic acids is 1. The number of hydrogen-bond acceptors (Lipinski definition) is 3. The normalized spacial score (nSPS) is 12.0. The molecule has 17 heavy (non-hydrogen) atoms. The van der Waals surface area contributed by atoms with E-state index in [4.69, 9.17) is 14.6 Å². The van der Waals surface area contributed by atoms with Crippen molar-refractivity contribution in [2.24, 2.45) is 5.92 Å². The standard InChI is InChI=1S/C12H15BrO4/c1-7(12(14)15)4-8-5-9(13)11(17-3)10(6-8)16-2/h5-7H,4H2,1-3H3,(H,14,15). The van der Waals surface area contributed by atoms with E-state index in [0.717, 1.165) is 10.0 Å². The summed E-state index contributed by atoms with van der Waals surface area (Å²) in [6.07, 6.45) is 0.453. The van der Waals surface area contributed by atoms with Gasteiger partial charge in [0.05, 0.1) is 24.6 Å². The number of ether oxygens (including phenoxy) is 2. The van der Waals surface area contributed by atoms with Gasteiger partial charge in [0, 0.05) is 0 Å². The van der Waals surface area contributed by atoms with Crippen LogP contribution in [0.5, 0.6) is 11.5 Å². The van der Waals surface area contributed by atoms with Gasteiger partial charge in [-0.05, 0) is 40.0 Å². The van der Waals surface area contributed by atoms with Gasteiger partial charge in [-0.25, -0.2) is 0 Å². The molecule has 1 aromatic rings. The predicted octanol–water partition coefficient (Wildman–Crippen LogP) is 2.73. The molecule has 0 aliphatic rings. The zero-order chi connectivity index (χ0) is 13.0. The van der Waals surface area contributed by atoms with Crippen LogP contribution in [0.25, 0.3) is 0 Å². The van der Waals surface area contributed by atoms with Gasteiger partial charge >= 0.3 is 5.97 Å². The fourth-order valence-electron chi connectivity index (χ4n) is 1.53. The number of rotatable bonds is 5. The maximum Gasteiger partial charge on any atom is 0.306 e. The first-order chi connectivity index (χ1) is 7.99. The Hall–Kier alpha value is -1.23. The predicted molar refractivity (Wildman–Crippen MR) is 67.7 cm³/mol. The summed E-state index contributed by atoms with van der Waals surface area (Å²) in [6.45, 7) is 1.67. The summed E-state index contributed by atoms with van der Waals surface area (Å²) in [5, 5.41) is 8.87. The van der Waals surface area contributed by atoms with E-state index < -0.39 is 11.9 Å². The second-order valence-corrected chi connectivity index (χ2v) is 4.61. The van der Waals surface area contributed by atoms with E-state index in [1.165, 1.54) is 0 Å². The molecule has 0 radical (unpaired) electrons. The van der Waals surface area contributed by atoms with Gasteiger partial charge in [0.15, 0.2) is 11.5 Å². The molecule has 1 aromatic carbocycles. The molecular formula is C12H15BrO4. The highest BCUT2D eigenvalue weighted by atomic mass is 79.9. The van der Waals surface area contributed by atoms with E-state index in [-0.39, 0.29) is 0 Å². The second-order valence-electron chi connectivity index (χ2n) is 3.76. The van der Waals surface area contributed by atoms with Crippen LogP contribution in [0.1, 0.15) is 12.5 Å². The number of aliphatic carboxylic acids is 1. The van der Waals surface area contributed by atoms with Gasteiger partial charge in [-0.15, -0.1) is 0 Å².